The molecule has 20 heavy (non-hydrogen) atoms. The summed E-state index contributed by atoms with van der Waals surface area (Å²) in [5.41, 5.74) is 3.99. The maximum absolute atomic E-state index is 12.0. The van der Waals surface area contributed by atoms with Crippen LogP contribution >= 0.6 is 0 Å². The fourth-order valence-electron chi connectivity index (χ4n) is 3.13. The van der Waals surface area contributed by atoms with Crippen molar-refractivity contribution in [3.63, 3.8) is 0 Å². The van der Waals surface area contributed by atoms with E-state index < -0.39 is 0 Å². The van der Waals surface area contributed by atoms with Crippen LogP contribution in [-0.2, 0) is 4.79 Å². The van der Waals surface area contributed by atoms with Crippen LogP contribution < -0.4 is 5.43 Å². The average Bonchev–Trinajstić information content (AvgIpc) is 3.30. The summed E-state index contributed by atoms with van der Waals surface area (Å²) in [5, 5.41) is 4.16. The van der Waals surface area contributed by atoms with Gasteiger partial charge in [-0.05, 0) is 36.7 Å². The van der Waals surface area contributed by atoms with Crippen LogP contribution in [0.1, 0.15) is 50.0 Å². The SMILES string of the molecule is O=C(N/N=C/C1CCCCC1)C1CC1c1ccccc1. The Morgan fingerprint density at radius 3 is 2.65 bits per heavy atom. The summed E-state index contributed by atoms with van der Waals surface area (Å²) in [5.74, 6) is 1.14. The monoisotopic (exact) mass is 270 g/mol. The Morgan fingerprint density at radius 1 is 1.15 bits per heavy atom. The van der Waals surface area contributed by atoms with Crippen LogP contribution in [0.25, 0.3) is 0 Å². The lowest BCUT2D eigenvalue weighted by atomic mass is 9.90. The topological polar surface area (TPSA) is 41.5 Å². The fraction of sp³-hybridized carbons (Fsp3) is 0.529. The summed E-state index contributed by atoms with van der Waals surface area (Å²) in [4.78, 5) is 12.0. The van der Waals surface area contributed by atoms with Gasteiger partial charge in [-0.25, -0.2) is 5.43 Å². The molecule has 0 aliphatic heterocycles. The number of nitrogens with zero attached hydrogens (tertiary/aromatic N) is 1. The second-order valence-corrected chi connectivity index (χ2v) is 6.01. The second kappa shape index (κ2) is 6.21. The van der Waals surface area contributed by atoms with E-state index >= 15 is 0 Å². The smallest absolute Gasteiger partial charge is 0.243 e. The number of hydrogen-bond donors (Lipinski definition) is 1. The number of amides is 1. The van der Waals surface area contributed by atoms with E-state index in [0.29, 0.717) is 11.8 Å². The molecule has 0 spiro atoms. The minimum absolute atomic E-state index is 0.0749. The van der Waals surface area contributed by atoms with E-state index in [1.165, 1.54) is 37.7 Å². The molecule has 1 aromatic carbocycles. The Bertz CT molecular complexity index is 477. The van der Waals surface area contributed by atoms with E-state index in [2.05, 4.69) is 22.7 Å². The maximum Gasteiger partial charge on any atom is 0.243 e. The van der Waals surface area contributed by atoms with Gasteiger partial charge in [0.1, 0.15) is 0 Å². The third kappa shape index (κ3) is 3.27. The molecule has 2 fully saturated rings. The van der Waals surface area contributed by atoms with E-state index in [-0.39, 0.29) is 11.8 Å². The molecule has 2 unspecified atom stereocenters. The lowest BCUT2D eigenvalue weighted by molar-refractivity contribution is -0.122. The van der Waals surface area contributed by atoms with E-state index in [9.17, 15) is 4.79 Å². The molecule has 0 saturated heterocycles. The summed E-state index contributed by atoms with van der Waals surface area (Å²) in [6.07, 6.45) is 9.26. The van der Waals surface area contributed by atoms with Gasteiger partial charge in [-0.3, -0.25) is 4.79 Å². The molecule has 3 heteroatoms. The van der Waals surface area contributed by atoms with Crippen LogP contribution in [-0.4, -0.2) is 12.1 Å². The van der Waals surface area contributed by atoms with Crippen LogP contribution in [0.15, 0.2) is 35.4 Å². The van der Waals surface area contributed by atoms with Crippen molar-refractivity contribution >= 4 is 12.1 Å². The highest BCUT2D eigenvalue weighted by Crippen LogP contribution is 2.47. The van der Waals surface area contributed by atoms with Crippen molar-refractivity contribution in [1.29, 1.82) is 0 Å². The highest BCUT2D eigenvalue weighted by atomic mass is 16.2. The fourth-order valence-corrected chi connectivity index (χ4v) is 3.13. The van der Waals surface area contributed by atoms with Crippen LogP contribution in [0.5, 0.6) is 0 Å². The number of hydrogen-bond acceptors (Lipinski definition) is 2. The van der Waals surface area contributed by atoms with Crippen molar-refractivity contribution in [3.05, 3.63) is 35.9 Å². The summed E-state index contributed by atoms with van der Waals surface area (Å²) in [6.45, 7) is 0. The van der Waals surface area contributed by atoms with Crippen LogP contribution in [0.4, 0.5) is 0 Å². The molecule has 2 saturated carbocycles. The molecule has 0 bridgehead atoms. The highest BCUT2D eigenvalue weighted by Gasteiger charge is 2.43. The number of benzene rings is 1. The predicted molar refractivity (Wildman–Crippen MR) is 80.5 cm³/mol. The Labute approximate surface area is 120 Å². The number of hydrazone groups is 1. The molecular formula is C17H22N2O. The summed E-state index contributed by atoms with van der Waals surface area (Å²) >= 11 is 0. The van der Waals surface area contributed by atoms with Gasteiger partial charge in [0.2, 0.25) is 5.91 Å². The molecule has 3 nitrogen and oxygen atoms in total. The Morgan fingerprint density at radius 2 is 1.90 bits per heavy atom. The Balaban J connectivity index is 1.45. The Kier molecular flexibility index (Phi) is 4.14. The number of carbonyl (C=O) groups excluding carboxylic acids is 1. The molecule has 0 heterocycles. The van der Waals surface area contributed by atoms with Gasteiger partial charge in [0.25, 0.3) is 0 Å². The van der Waals surface area contributed by atoms with Crippen LogP contribution in [0, 0.1) is 11.8 Å². The van der Waals surface area contributed by atoms with Crippen molar-refractivity contribution < 1.29 is 4.79 Å². The zero-order valence-electron chi connectivity index (χ0n) is 11.8. The van der Waals surface area contributed by atoms with E-state index in [4.69, 9.17) is 0 Å². The van der Waals surface area contributed by atoms with Gasteiger partial charge >= 0.3 is 0 Å². The molecule has 2 aliphatic carbocycles. The molecule has 1 N–H and O–H groups in total. The first-order valence-electron chi connectivity index (χ1n) is 7.72. The van der Waals surface area contributed by atoms with Crippen molar-refractivity contribution in [2.24, 2.45) is 16.9 Å². The van der Waals surface area contributed by atoms with Gasteiger partial charge < -0.3 is 0 Å². The van der Waals surface area contributed by atoms with Crippen molar-refractivity contribution in [1.82, 2.24) is 5.43 Å². The van der Waals surface area contributed by atoms with E-state index in [1.807, 2.05) is 24.4 Å². The first kappa shape index (κ1) is 13.3. The lowest BCUT2D eigenvalue weighted by Gasteiger charge is -2.16. The summed E-state index contributed by atoms with van der Waals surface area (Å²) in [6, 6.07) is 10.3. The molecule has 1 aromatic rings. The molecule has 0 aromatic heterocycles. The zero-order valence-corrected chi connectivity index (χ0v) is 11.8. The maximum atomic E-state index is 12.0. The minimum atomic E-state index is 0.0749. The highest BCUT2D eigenvalue weighted by molar-refractivity contribution is 5.83. The quantitative estimate of drug-likeness (QED) is 0.660. The number of rotatable bonds is 4. The van der Waals surface area contributed by atoms with Crippen LogP contribution in [0.3, 0.4) is 0 Å². The molecule has 2 aliphatic rings. The molecule has 3 rings (SSSR count). The van der Waals surface area contributed by atoms with Gasteiger partial charge in [0.05, 0.1) is 0 Å². The minimum Gasteiger partial charge on any atom is -0.273 e. The van der Waals surface area contributed by atoms with Gasteiger partial charge in [0.15, 0.2) is 0 Å². The predicted octanol–water partition coefficient (Wildman–Crippen LogP) is 3.47. The normalized spacial score (nSPS) is 26.6. The number of nitrogens with one attached hydrogen (secondary N) is 1. The zero-order chi connectivity index (χ0) is 13.8. The van der Waals surface area contributed by atoms with Gasteiger partial charge in [-0.2, -0.15) is 5.10 Å². The third-order valence-electron chi connectivity index (χ3n) is 4.46. The molecule has 0 radical (unpaired) electrons. The molecule has 106 valence electrons. The van der Waals surface area contributed by atoms with Gasteiger partial charge in [-0.15, -0.1) is 0 Å². The van der Waals surface area contributed by atoms with E-state index in [1.54, 1.807) is 0 Å². The second-order valence-electron chi connectivity index (χ2n) is 6.01. The van der Waals surface area contributed by atoms with Crippen LogP contribution in [0.2, 0.25) is 0 Å². The first-order chi connectivity index (χ1) is 9.84. The Hall–Kier alpha value is -1.64. The number of carbonyl (C=O) groups is 1. The summed E-state index contributed by atoms with van der Waals surface area (Å²) < 4.78 is 0. The molecular weight excluding hydrogens is 248 g/mol. The first-order valence-corrected chi connectivity index (χ1v) is 7.72. The molecule has 1 amide bonds. The van der Waals surface area contributed by atoms with Gasteiger partial charge in [0, 0.05) is 12.1 Å². The van der Waals surface area contributed by atoms with Gasteiger partial charge in [-0.1, -0.05) is 49.6 Å². The summed E-state index contributed by atoms with van der Waals surface area (Å²) in [7, 11) is 0. The standard InChI is InChI=1S/C17H22N2O/c20-17(19-18-12-13-7-3-1-4-8-13)16-11-15(16)14-9-5-2-6-10-14/h2,5-6,9-10,12-13,15-16H,1,3-4,7-8,11H2,(H,19,20)/b18-12+. The van der Waals surface area contributed by atoms with Crippen molar-refractivity contribution in [3.8, 4) is 0 Å². The lowest BCUT2D eigenvalue weighted by Crippen LogP contribution is -2.21. The third-order valence-corrected chi connectivity index (χ3v) is 4.46. The molecule has 2 atom stereocenters. The van der Waals surface area contributed by atoms with Crippen molar-refractivity contribution in [2.75, 3.05) is 0 Å². The average molecular weight is 270 g/mol. The van der Waals surface area contributed by atoms with E-state index in [0.717, 1.165) is 6.42 Å². The van der Waals surface area contributed by atoms with Crippen molar-refractivity contribution in [2.45, 2.75) is 44.4 Å². The largest absolute Gasteiger partial charge is 0.273 e.